The molecule has 0 radical (unpaired) electrons. The van der Waals surface area contributed by atoms with Crippen LogP contribution in [-0.4, -0.2) is 11.4 Å². The molecule has 4 rings (SSSR count). The monoisotopic (exact) mass is 325 g/mol. The molecule has 0 N–H and O–H groups in total. The maximum absolute atomic E-state index is 2.30. The van der Waals surface area contributed by atoms with Crippen LogP contribution in [0.2, 0.25) is 0 Å². The van der Waals surface area contributed by atoms with Gasteiger partial charge in [-0.2, -0.15) is 4.57 Å². The summed E-state index contributed by atoms with van der Waals surface area (Å²) < 4.78 is 2.21. The van der Waals surface area contributed by atoms with E-state index in [1.807, 2.05) is 6.07 Å². The van der Waals surface area contributed by atoms with Gasteiger partial charge < -0.3 is 4.90 Å². The van der Waals surface area contributed by atoms with Gasteiger partial charge in [-0.15, -0.1) is 0 Å². The average molecular weight is 325 g/mol. The van der Waals surface area contributed by atoms with E-state index in [0.717, 1.165) is 13.2 Å². The van der Waals surface area contributed by atoms with Gasteiger partial charge in [-0.3, -0.25) is 0 Å². The highest BCUT2D eigenvalue weighted by Crippen LogP contribution is 2.19. The predicted octanol–water partition coefficient (Wildman–Crippen LogP) is 4.51. The zero-order valence-corrected chi connectivity index (χ0v) is 14.1. The summed E-state index contributed by atoms with van der Waals surface area (Å²) in [6.45, 7) is 1.78. The molecule has 0 unspecified atom stereocenters. The Morgan fingerprint density at radius 1 is 0.720 bits per heavy atom. The van der Waals surface area contributed by atoms with Crippen LogP contribution in [0, 0.1) is 0 Å². The van der Waals surface area contributed by atoms with E-state index >= 15 is 0 Å². The molecule has 1 aliphatic heterocycles. The summed E-state index contributed by atoms with van der Waals surface area (Å²) in [5.74, 6) is 0. The van der Waals surface area contributed by atoms with E-state index in [0.29, 0.717) is 0 Å². The Hall–Kier alpha value is -3.13. The first-order valence-corrected chi connectivity index (χ1v) is 8.61. The van der Waals surface area contributed by atoms with Crippen LogP contribution in [0.25, 0.3) is 16.7 Å². The van der Waals surface area contributed by atoms with E-state index in [-0.39, 0.29) is 0 Å². The molecule has 25 heavy (non-hydrogen) atoms. The molecule has 2 aromatic carbocycles. The van der Waals surface area contributed by atoms with Crippen molar-refractivity contribution in [3.63, 3.8) is 0 Å². The van der Waals surface area contributed by atoms with Crippen molar-refractivity contribution < 1.29 is 4.57 Å². The molecular formula is C23H21N2+. The summed E-state index contributed by atoms with van der Waals surface area (Å²) in [5.41, 5.74) is 5.07. The van der Waals surface area contributed by atoms with Crippen LogP contribution in [0.5, 0.6) is 0 Å². The first-order chi connectivity index (χ1) is 12.4. The number of nitrogens with zero attached hydrogens (tertiary/aromatic N) is 2. The van der Waals surface area contributed by atoms with Gasteiger partial charge >= 0.3 is 0 Å². The Morgan fingerprint density at radius 3 is 1.92 bits per heavy atom. The third kappa shape index (κ3) is 3.69. The number of aromatic nitrogens is 1. The van der Waals surface area contributed by atoms with Crippen LogP contribution in [0.3, 0.4) is 0 Å². The van der Waals surface area contributed by atoms with E-state index < -0.39 is 0 Å². The molecule has 0 fully saturated rings. The van der Waals surface area contributed by atoms with Crippen molar-refractivity contribution in [2.45, 2.75) is 6.67 Å². The normalized spacial score (nSPS) is 13.6. The molecule has 0 spiro atoms. The number of hydrogen-bond donors (Lipinski definition) is 0. The Morgan fingerprint density at radius 2 is 1.32 bits per heavy atom. The van der Waals surface area contributed by atoms with E-state index in [1.54, 1.807) is 0 Å². The molecule has 0 saturated carbocycles. The molecule has 2 nitrogen and oxygen atoms in total. The summed E-state index contributed by atoms with van der Waals surface area (Å²) in [6, 6.07) is 25.4. The van der Waals surface area contributed by atoms with Gasteiger partial charge in [0.15, 0.2) is 12.4 Å². The van der Waals surface area contributed by atoms with E-state index in [9.17, 15) is 0 Å². The number of benzene rings is 2. The van der Waals surface area contributed by atoms with Crippen molar-refractivity contribution in [3.05, 3.63) is 109 Å². The largest absolute Gasteiger partial charge is 0.320 e. The zero-order chi connectivity index (χ0) is 16.9. The molecule has 0 saturated heterocycles. The SMILES string of the molecule is C1=CN(C[n+]2ccc(-c3ccccc3)cc2)CC=C1c1ccccc1. The third-order valence-electron chi connectivity index (χ3n) is 4.46. The summed E-state index contributed by atoms with van der Waals surface area (Å²) in [7, 11) is 0. The fourth-order valence-corrected chi connectivity index (χ4v) is 3.06. The smallest absolute Gasteiger partial charge is 0.223 e. The maximum atomic E-state index is 2.30. The first-order valence-electron chi connectivity index (χ1n) is 8.61. The van der Waals surface area contributed by atoms with Gasteiger partial charge in [0, 0.05) is 24.9 Å². The van der Waals surface area contributed by atoms with Crippen LogP contribution in [0.4, 0.5) is 0 Å². The molecule has 0 atom stereocenters. The second-order valence-electron chi connectivity index (χ2n) is 6.22. The van der Waals surface area contributed by atoms with Crippen molar-refractivity contribution in [2.75, 3.05) is 6.54 Å². The quantitative estimate of drug-likeness (QED) is 0.640. The highest BCUT2D eigenvalue weighted by Gasteiger charge is 2.10. The minimum atomic E-state index is 0.851. The van der Waals surface area contributed by atoms with Crippen molar-refractivity contribution in [2.24, 2.45) is 0 Å². The Labute approximate surface area is 149 Å². The molecule has 1 aliphatic rings. The second kappa shape index (κ2) is 7.18. The van der Waals surface area contributed by atoms with Crippen molar-refractivity contribution >= 4 is 5.57 Å². The molecule has 122 valence electrons. The van der Waals surface area contributed by atoms with Crippen LogP contribution in [0.15, 0.2) is 104 Å². The molecular weight excluding hydrogens is 304 g/mol. The molecule has 0 bridgehead atoms. The van der Waals surface area contributed by atoms with Crippen molar-refractivity contribution in [1.29, 1.82) is 0 Å². The number of allylic oxidation sites excluding steroid dienone is 2. The van der Waals surface area contributed by atoms with Gasteiger partial charge in [-0.1, -0.05) is 66.7 Å². The standard InChI is InChI=1S/C23H21N2/c1-3-7-20(8-4-1)22-11-15-24(16-12-22)19-25-17-13-23(14-18-25)21-9-5-2-6-10-21/h1-17H,18-19H2/q+1. The topological polar surface area (TPSA) is 7.12 Å². The van der Waals surface area contributed by atoms with Crippen LogP contribution < -0.4 is 4.57 Å². The second-order valence-corrected chi connectivity index (χ2v) is 6.22. The highest BCUT2D eigenvalue weighted by molar-refractivity contribution is 5.74. The number of rotatable bonds is 4. The van der Waals surface area contributed by atoms with E-state index in [2.05, 4.69) is 107 Å². The molecule has 2 heterocycles. The summed E-state index contributed by atoms with van der Waals surface area (Å²) >= 11 is 0. The highest BCUT2D eigenvalue weighted by atomic mass is 15.2. The van der Waals surface area contributed by atoms with Crippen molar-refractivity contribution in [1.82, 2.24) is 4.90 Å². The molecule has 2 heteroatoms. The summed E-state index contributed by atoms with van der Waals surface area (Å²) in [6.07, 6.45) is 11.0. The van der Waals surface area contributed by atoms with Gasteiger partial charge in [0.25, 0.3) is 0 Å². The van der Waals surface area contributed by atoms with Gasteiger partial charge in [0.05, 0.1) is 0 Å². The van der Waals surface area contributed by atoms with Gasteiger partial charge in [0.2, 0.25) is 6.67 Å². The molecule has 0 aliphatic carbocycles. The molecule has 3 aromatic rings. The lowest BCUT2D eigenvalue weighted by Gasteiger charge is -2.19. The minimum Gasteiger partial charge on any atom is -0.320 e. The zero-order valence-electron chi connectivity index (χ0n) is 14.1. The fraction of sp³-hybridized carbons (Fsp3) is 0.0870. The lowest BCUT2D eigenvalue weighted by molar-refractivity contribution is -0.713. The fourth-order valence-electron chi connectivity index (χ4n) is 3.06. The molecule has 0 amide bonds. The Kier molecular flexibility index (Phi) is 4.42. The number of pyridine rings is 1. The van der Waals surface area contributed by atoms with Gasteiger partial charge in [0.1, 0.15) is 0 Å². The summed E-state index contributed by atoms with van der Waals surface area (Å²) in [5, 5.41) is 0. The Bertz CT molecular complexity index is 878. The van der Waals surface area contributed by atoms with E-state index in [4.69, 9.17) is 0 Å². The van der Waals surface area contributed by atoms with Gasteiger partial charge in [-0.25, -0.2) is 0 Å². The average Bonchev–Trinajstić information content (AvgIpc) is 2.71. The molecule has 1 aromatic heterocycles. The predicted molar refractivity (Wildman–Crippen MR) is 102 cm³/mol. The lowest BCUT2D eigenvalue weighted by Crippen LogP contribution is -2.41. The first kappa shape index (κ1) is 15.4. The van der Waals surface area contributed by atoms with E-state index in [1.165, 1.54) is 22.3 Å². The number of hydrogen-bond acceptors (Lipinski definition) is 1. The van der Waals surface area contributed by atoms with Crippen LogP contribution in [-0.2, 0) is 6.67 Å². The maximum Gasteiger partial charge on any atom is 0.223 e. The van der Waals surface area contributed by atoms with Crippen LogP contribution >= 0.6 is 0 Å². The summed E-state index contributed by atoms with van der Waals surface area (Å²) in [4.78, 5) is 2.30. The van der Waals surface area contributed by atoms with Crippen molar-refractivity contribution in [3.8, 4) is 11.1 Å². The third-order valence-corrected chi connectivity index (χ3v) is 4.46. The van der Waals surface area contributed by atoms with Gasteiger partial charge in [-0.05, 0) is 28.3 Å². The Balaban J connectivity index is 1.41. The lowest BCUT2D eigenvalue weighted by atomic mass is 10.0. The minimum absolute atomic E-state index is 0.851. The van der Waals surface area contributed by atoms with Crippen LogP contribution in [0.1, 0.15) is 5.56 Å².